The number of carbonyl (C=O) groups is 2. The van der Waals surface area contributed by atoms with Gasteiger partial charge >= 0.3 is 19.1 Å². The molecule has 0 unspecified atom stereocenters. The number of anilines is 1. The molecule has 1 aliphatic rings. The van der Waals surface area contributed by atoms with Crippen molar-refractivity contribution in [3.63, 3.8) is 0 Å². The Morgan fingerprint density at radius 2 is 1.19 bits per heavy atom. The molecule has 1 aliphatic heterocycles. The molecule has 1 fully saturated rings. The summed E-state index contributed by atoms with van der Waals surface area (Å²) in [5.41, 5.74) is -0.542. The molecule has 0 radical (unpaired) electrons. The fraction of sp³-hybridized carbons (Fsp3) is 0.667. The summed E-state index contributed by atoms with van der Waals surface area (Å²) in [5, 5.41) is 0. The van der Waals surface area contributed by atoms with Gasteiger partial charge in [-0.15, -0.1) is 0 Å². The molecule has 0 aliphatic carbocycles. The smallest absolute Gasteiger partial charge is 0.459 e. The van der Waals surface area contributed by atoms with E-state index in [9.17, 15) is 9.59 Å². The highest BCUT2D eigenvalue weighted by Crippen LogP contribution is 2.36. The molecule has 7 nitrogen and oxygen atoms in total. The summed E-state index contributed by atoms with van der Waals surface area (Å²) >= 11 is 0. The van der Waals surface area contributed by atoms with E-state index in [0.717, 1.165) is 5.46 Å². The summed E-state index contributed by atoms with van der Waals surface area (Å²) in [6.07, 6.45) is 0. The van der Waals surface area contributed by atoms with E-state index in [1.807, 2.05) is 93.5 Å². The van der Waals surface area contributed by atoms with Crippen molar-refractivity contribution >= 4 is 30.2 Å². The first-order valence-electron chi connectivity index (χ1n) is 11.0. The van der Waals surface area contributed by atoms with Gasteiger partial charge in [-0.1, -0.05) is 12.1 Å². The maximum atomic E-state index is 12.5. The second-order valence-corrected chi connectivity index (χ2v) is 11.2. The molecule has 178 valence electrons. The van der Waals surface area contributed by atoms with Gasteiger partial charge in [0.05, 0.1) is 11.2 Å². The molecule has 0 spiro atoms. The summed E-state index contributed by atoms with van der Waals surface area (Å²) in [7, 11) is -0.487. The number of carbonyl (C=O) groups excluding carboxylic acids is 2. The van der Waals surface area contributed by atoms with Gasteiger partial charge in [0.25, 0.3) is 0 Å². The van der Waals surface area contributed by atoms with Crippen molar-refractivity contribution in [2.45, 2.75) is 91.6 Å². The lowest BCUT2D eigenvalue weighted by Crippen LogP contribution is -2.41. The van der Waals surface area contributed by atoms with Gasteiger partial charge in [0.2, 0.25) is 0 Å². The van der Waals surface area contributed by atoms with Crippen LogP contribution in [0.15, 0.2) is 24.3 Å². The number of esters is 2. The maximum Gasteiger partial charge on any atom is 0.494 e. The van der Waals surface area contributed by atoms with Crippen LogP contribution in [0, 0.1) is 0 Å². The van der Waals surface area contributed by atoms with Crippen LogP contribution in [0.3, 0.4) is 0 Å². The Bertz CT molecular complexity index is 774. The fourth-order valence-corrected chi connectivity index (χ4v) is 3.12. The number of rotatable bonds is 6. The van der Waals surface area contributed by atoms with Crippen LogP contribution in [0.2, 0.25) is 0 Å². The van der Waals surface area contributed by atoms with Crippen LogP contribution in [0.1, 0.15) is 69.2 Å². The molecule has 0 atom stereocenters. The minimum absolute atomic E-state index is 0.0770. The van der Waals surface area contributed by atoms with E-state index < -0.39 is 41.5 Å². The van der Waals surface area contributed by atoms with Gasteiger partial charge in [-0.2, -0.15) is 0 Å². The third-order valence-electron chi connectivity index (χ3n) is 5.26. The summed E-state index contributed by atoms with van der Waals surface area (Å²) in [5.74, 6) is -0.841. The predicted molar refractivity (Wildman–Crippen MR) is 126 cm³/mol. The average molecular weight is 447 g/mol. The van der Waals surface area contributed by atoms with Crippen molar-refractivity contribution in [1.29, 1.82) is 0 Å². The lowest BCUT2D eigenvalue weighted by Gasteiger charge is -2.32. The molecule has 0 amide bonds. The Hall–Kier alpha value is -2.06. The number of benzene rings is 1. The largest absolute Gasteiger partial charge is 0.494 e. The summed E-state index contributed by atoms with van der Waals surface area (Å²) in [6.45, 7) is 18.7. The normalized spacial score (nSPS) is 17.8. The van der Waals surface area contributed by atoms with Crippen LogP contribution in [0.25, 0.3) is 0 Å². The van der Waals surface area contributed by atoms with E-state index in [1.165, 1.54) is 0 Å². The first-order valence-corrected chi connectivity index (χ1v) is 11.0. The maximum absolute atomic E-state index is 12.5. The lowest BCUT2D eigenvalue weighted by molar-refractivity contribution is -0.154. The molecular weight excluding hydrogens is 409 g/mol. The topological polar surface area (TPSA) is 74.3 Å². The molecule has 0 saturated carbocycles. The molecule has 1 saturated heterocycles. The molecular formula is C24H38BNO6. The van der Waals surface area contributed by atoms with Gasteiger partial charge in [0, 0.05) is 5.69 Å². The minimum atomic E-state index is -0.616. The minimum Gasteiger partial charge on any atom is -0.459 e. The van der Waals surface area contributed by atoms with Crippen LogP contribution < -0.4 is 10.4 Å². The molecule has 2 rings (SSSR count). The average Bonchev–Trinajstić information content (AvgIpc) is 2.79. The Morgan fingerprint density at radius 3 is 1.53 bits per heavy atom. The van der Waals surface area contributed by atoms with E-state index in [1.54, 1.807) is 4.90 Å². The standard InChI is InChI=1S/C24H38BNO6/c1-21(2,3)29-19(27)15-26(16-20(28)30-22(4,5)6)18-13-11-17(12-14-18)25-31-23(7,8)24(9,10)32-25/h11-14H,15-16H2,1-10H3. The van der Waals surface area contributed by atoms with Gasteiger partial charge in [0.1, 0.15) is 24.3 Å². The van der Waals surface area contributed by atoms with Crippen molar-refractivity contribution in [2.24, 2.45) is 0 Å². The lowest BCUT2D eigenvalue weighted by atomic mass is 9.79. The number of hydrogen-bond acceptors (Lipinski definition) is 7. The molecule has 1 heterocycles. The number of ether oxygens (including phenoxy) is 2. The Labute approximate surface area is 192 Å². The highest BCUT2D eigenvalue weighted by molar-refractivity contribution is 6.62. The molecule has 0 aromatic heterocycles. The molecule has 1 aromatic rings. The first-order chi connectivity index (χ1) is 14.4. The molecule has 1 aromatic carbocycles. The van der Waals surface area contributed by atoms with Crippen LogP contribution in [-0.4, -0.2) is 54.6 Å². The summed E-state index contributed by atoms with van der Waals surface area (Å²) < 4.78 is 23.1. The van der Waals surface area contributed by atoms with E-state index in [2.05, 4.69) is 0 Å². The van der Waals surface area contributed by atoms with Gasteiger partial charge in [-0.05, 0) is 86.8 Å². The van der Waals surface area contributed by atoms with E-state index in [0.29, 0.717) is 5.69 Å². The second kappa shape index (κ2) is 9.06. The summed E-state index contributed by atoms with van der Waals surface area (Å²) in [6, 6.07) is 7.45. The Kier molecular flexibility index (Phi) is 7.42. The monoisotopic (exact) mass is 447 g/mol. The zero-order valence-corrected chi connectivity index (χ0v) is 21.2. The zero-order chi connectivity index (χ0) is 24.5. The Morgan fingerprint density at radius 1 is 0.812 bits per heavy atom. The van der Waals surface area contributed by atoms with Crippen molar-refractivity contribution in [1.82, 2.24) is 0 Å². The number of hydrogen-bond donors (Lipinski definition) is 0. The highest BCUT2D eigenvalue weighted by Gasteiger charge is 2.51. The van der Waals surface area contributed by atoms with E-state index >= 15 is 0 Å². The Balaban J connectivity index is 2.21. The third-order valence-corrected chi connectivity index (χ3v) is 5.26. The predicted octanol–water partition coefficient (Wildman–Crippen LogP) is 3.48. The van der Waals surface area contributed by atoms with Crippen LogP contribution in [-0.2, 0) is 28.4 Å². The van der Waals surface area contributed by atoms with E-state index in [4.69, 9.17) is 18.8 Å². The molecule has 8 heteroatoms. The fourth-order valence-electron chi connectivity index (χ4n) is 3.12. The second-order valence-electron chi connectivity index (χ2n) is 11.2. The van der Waals surface area contributed by atoms with E-state index in [-0.39, 0.29) is 13.1 Å². The zero-order valence-electron chi connectivity index (χ0n) is 21.2. The van der Waals surface area contributed by atoms with Crippen molar-refractivity contribution in [3.05, 3.63) is 24.3 Å². The van der Waals surface area contributed by atoms with Gasteiger partial charge in [0.15, 0.2) is 0 Å². The molecule has 32 heavy (non-hydrogen) atoms. The third kappa shape index (κ3) is 7.24. The number of nitrogens with zero attached hydrogens (tertiary/aromatic N) is 1. The molecule has 0 N–H and O–H groups in total. The molecule has 0 bridgehead atoms. The van der Waals surface area contributed by atoms with Gasteiger partial charge in [-0.25, -0.2) is 0 Å². The quantitative estimate of drug-likeness (QED) is 0.488. The van der Waals surface area contributed by atoms with Crippen LogP contribution in [0.5, 0.6) is 0 Å². The SMILES string of the molecule is CC(C)(C)OC(=O)CN(CC(=O)OC(C)(C)C)c1ccc(B2OC(C)(C)C(C)(C)O2)cc1. The highest BCUT2D eigenvalue weighted by atomic mass is 16.7. The van der Waals surface area contributed by atoms with Crippen molar-refractivity contribution in [2.75, 3.05) is 18.0 Å². The first kappa shape index (κ1) is 26.2. The van der Waals surface area contributed by atoms with Crippen molar-refractivity contribution < 1.29 is 28.4 Å². The summed E-state index contributed by atoms with van der Waals surface area (Å²) in [4.78, 5) is 26.6. The van der Waals surface area contributed by atoms with Gasteiger partial charge < -0.3 is 23.7 Å². The van der Waals surface area contributed by atoms with Crippen LogP contribution >= 0.6 is 0 Å². The van der Waals surface area contributed by atoms with Crippen LogP contribution in [0.4, 0.5) is 5.69 Å². The van der Waals surface area contributed by atoms with Gasteiger partial charge in [-0.3, -0.25) is 9.59 Å². The van der Waals surface area contributed by atoms with Crippen molar-refractivity contribution in [3.8, 4) is 0 Å².